The lowest BCUT2D eigenvalue weighted by atomic mass is 10.1. The fraction of sp³-hybridized carbons (Fsp3) is 0.500. The maximum absolute atomic E-state index is 9.38. The molecule has 0 amide bonds. The Balaban J connectivity index is 1.74. The number of hydrogen-bond donors (Lipinski definition) is 4. The van der Waals surface area contributed by atoms with E-state index in [0.717, 1.165) is 18.4 Å². The standard InChI is InChI=1S/C14H18N6O2/c15-13-18-11(17-9-1-2-9)10-12(19-13)20(7-16-10)4-8-3-14(8,5-21)6-22/h4,7,9,21-22H,1-3,5-6H2,(H3,15,17,18,19). The molecule has 8 nitrogen and oxygen atoms in total. The number of nitrogens with zero attached hydrogens (tertiary/aromatic N) is 4. The first-order valence-corrected chi connectivity index (χ1v) is 7.35. The van der Waals surface area contributed by atoms with Crippen molar-refractivity contribution in [2.45, 2.75) is 25.3 Å². The zero-order chi connectivity index (χ0) is 15.3. The van der Waals surface area contributed by atoms with Gasteiger partial charge in [0.1, 0.15) is 6.33 Å². The average Bonchev–Trinajstić information content (AvgIpc) is 3.40. The van der Waals surface area contributed by atoms with Crippen LogP contribution in [-0.2, 0) is 0 Å². The van der Waals surface area contributed by atoms with Crippen LogP contribution >= 0.6 is 0 Å². The second-order valence-electron chi connectivity index (χ2n) is 6.10. The molecule has 116 valence electrons. The number of hydrogen-bond acceptors (Lipinski definition) is 7. The summed E-state index contributed by atoms with van der Waals surface area (Å²) in [4.78, 5) is 12.9. The summed E-state index contributed by atoms with van der Waals surface area (Å²) in [6, 6.07) is 0.445. The molecule has 2 aromatic rings. The molecule has 0 aliphatic heterocycles. The van der Waals surface area contributed by atoms with E-state index in [1.54, 1.807) is 10.9 Å². The summed E-state index contributed by atoms with van der Waals surface area (Å²) in [5.41, 5.74) is 7.58. The first-order chi connectivity index (χ1) is 10.6. The molecule has 22 heavy (non-hydrogen) atoms. The molecular weight excluding hydrogens is 284 g/mol. The molecule has 0 aromatic carbocycles. The molecule has 2 aliphatic rings. The molecule has 0 bridgehead atoms. The van der Waals surface area contributed by atoms with Gasteiger partial charge < -0.3 is 21.3 Å². The summed E-state index contributed by atoms with van der Waals surface area (Å²) in [6.45, 7) is -0.124. The fourth-order valence-corrected chi connectivity index (χ4v) is 2.59. The Labute approximate surface area is 126 Å². The van der Waals surface area contributed by atoms with Crippen LogP contribution in [0, 0.1) is 5.41 Å². The van der Waals surface area contributed by atoms with E-state index in [1.807, 2.05) is 6.20 Å². The van der Waals surface area contributed by atoms with Gasteiger partial charge in [-0.15, -0.1) is 0 Å². The third-order valence-corrected chi connectivity index (χ3v) is 4.34. The van der Waals surface area contributed by atoms with E-state index >= 15 is 0 Å². The van der Waals surface area contributed by atoms with Crippen LogP contribution < -0.4 is 11.1 Å². The monoisotopic (exact) mass is 302 g/mol. The molecule has 0 atom stereocenters. The SMILES string of the molecule is Nc1nc(NC2CC2)c2ncn(C=C3CC3(CO)CO)c2n1. The van der Waals surface area contributed by atoms with E-state index in [2.05, 4.69) is 20.3 Å². The van der Waals surface area contributed by atoms with Gasteiger partial charge in [0.05, 0.1) is 13.2 Å². The van der Waals surface area contributed by atoms with Gasteiger partial charge in [-0.1, -0.05) is 0 Å². The topological polar surface area (TPSA) is 122 Å². The molecule has 2 aromatic heterocycles. The van der Waals surface area contributed by atoms with Crippen molar-refractivity contribution in [3.63, 3.8) is 0 Å². The van der Waals surface area contributed by atoms with Gasteiger partial charge in [0, 0.05) is 17.7 Å². The van der Waals surface area contributed by atoms with Gasteiger partial charge in [0.25, 0.3) is 0 Å². The normalized spacial score (nSPS) is 21.5. The van der Waals surface area contributed by atoms with E-state index in [9.17, 15) is 10.2 Å². The Morgan fingerprint density at radius 1 is 1.36 bits per heavy atom. The van der Waals surface area contributed by atoms with Crippen LogP contribution in [0.2, 0.25) is 0 Å². The molecule has 0 unspecified atom stereocenters. The smallest absolute Gasteiger partial charge is 0.224 e. The van der Waals surface area contributed by atoms with E-state index in [1.165, 1.54) is 0 Å². The minimum atomic E-state index is -0.496. The Morgan fingerprint density at radius 3 is 2.77 bits per heavy atom. The number of rotatable bonds is 5. The summed E-state index contributed by atoms with van der Waals surface area (Å²) < 4.78 is 1.77. The number of anilines is 2. The highest BCUT2D eigenvalue weighted by Gasteiger charge is 2.48. The van der Waals surface area contributed by atoms with Gasteiger partial charge in [0.15, 0.2) is 17.0 Å². The molecule has 8 heteroatoms. The highest BCUT2D eigenvalue weighted by molar-refractivity contribution is 5.85. The summed E-state index contributed by atoms with van der Waals surface area (Å²) in [6.07, 6.45) is 6.45. The average molecular weight is 302 g/mol. The fourth-order valence-electron chi connectivity index (χ4n) is 2.59. The quantitative estimate of drug-likeness (QED) is 0.622. The van der Waals surface area contributed by atoms with E-state index in [4.69, 9.17) is 5.73 Å². The first kappa shape index (κ1) is 13.5. The first-order valence-electron chi connectivity index (χ1n) is 7.35. The van der Waals surface area contributed by atoms with Gasteiger partial charge in [-0.05, 0) is 24.8 Å². The Hall–Kier alpha value is -2.19. The van der Waals surface area contributed by atoms with Crippen LogP contribution in [0.25, 0.3) is 17.4 Å². The van der Waals surface area contributed by atoms with Gasteiger partial charge in [-0.3, -0.25) is 4.57 Å². The van der Waals surface area contributed by atoms with Crippen molar-refractivity contribution < 1.29 is 10.2 Å². The number of fused-ring (bicyclic) bond motifs is 1. The molecule has 5 N–H and O–H groups in total. The molecule has 2 aliphatic carbocycles. The summed E-state index contributed by atoms with van der Waals surface area (Å²) in [5.74, 6) is 0.857. The van der Waals surface area contributed by atoms with Crippen LogP contribution in [0.15, 0.2) is 11.9 Å². The minimum absolute atomic E-state index is 0.0619. The van der Waals surface area contributed by atoms with Crippen molar-refractivity contribution >= 4 is 29.1 Å². The Kier molecular flexibility index (Phi) is 2.85. The molecule has 2 heterocycles. The van der Waals surface area contributed by atoms with Crippen LogP contribution in [0.3, 0.4) is 0 Å². The molecule has 4 rings (SSSR count). The largest absolute Gasteiger partial charge is 0.395 e. The lowest BCUT2D eigenvalue weighted by molar-refractivity contribution is 0.143. The van der Waals surface area contributed by atoms with Gasteiger partial charge >= 0.3 is 0 Å². The van der Waals surface area contributed by atoms with Gasteiger partial charge in [0.2, 0.25) is 5.95 Å². The zero-order valence-corrected chi connectivity index (χ0v) is 12.0. The minimum Gasteiger partial charge on any atom is -0.395 e. The maximum Gasteiger partial charge on any atom is 0.224 e. The molecule has 2 fully saturated rings. The number of aliphatic hydroxyl groups excluding tert-OH is 2. The van der Waals surface area contributed by atoms with Crippen molar-refractivity contribution in [2.24, 2.45) is 5.41 Å². The Bertz CT molecular complexity index is 760. The third-order valence-electron chi connectivity index (χ3n) is 4.34. The van der Waals surface area contributed by atoms with Crippen molar-refractivity contribution in [3.05, 3.63) is 11.9 Å². The van der Waals surface area contributed by atoms with Crippen LogP contribution in [0.4, 0.5) is 11.8 Å². The second-order valence-corrected chi connectivity index (χ2v) is 6.10. The number of nitrogen functional groups attached to an aromatic ring is 1. The summed E-state index contributed by atoms with van der Waals surface area (Å²) in [5, 5.41) is 22.1. The molecular formula is C14H18N6O2. The maximum atomic E-state index is 9.38. The number of aromatic nitrogens is 4. The van der Waals surface area contributed by atoms with Crippen molar-refractivity contribution in [1.29, 1.82) is 0 Å². The number of aliphatic hydroxyl groups is 2. The molecule has 0 spiro atoms. The molecule has 0 radical (unpaired) electrons. The zero-order valence-electron chi connectivity index (χ0n) is 12.0. The number of imidazole rings is 1. The Morgan fingerprint density at radius 2 is 2.14 bits per heavy atom. The van der Waals surface area contributed by atoms with E-state index < -0.39 is 5.41 Å². The lowest BCUT2D eigenvalue weighted by Crippen LogP contribution is -2.12. The lowest BCUT2D eigenvalue weighted by Gasteiger charge is -2.06. The van der Waals surface area contributed by atoms with Crippen molar-refractivity contribution in [1.82, 2.24) is 19.5 Å². The summed E-state index contributed by atoms with van der Waals surface area (Å²) >= 11 is 0. The second kappa shape index (κ2) is 4.65. The number of nitrogens with two attached hydrogens (primary N) is 1. The van der Waals surface area contributed by atoms with Crippen LogP contribution in [-0.4, -0.2) is 49.0 Å². The third kappa shape index (κ3) is 2.11. The number of nitrogens with one attached hydrogen (secondary N) is 1. The highest BCUT2D eigenvalue weighted by atomic mass is 16.3. The van der Waals surface area contributed by atoms with Crippen LogP contribution in [0.5, 0.6) is 0 Å². The highest BCUT2D eigenvalue weighted by Crippen LogP contribution is 2.51. The van der Waals surface area contributed by atoms with Gasteiger partial charge in [-0.2, -0.15) is 9.97 Å². The van der Waals surface area contributed by atoms with Crippen molar-refractivity contribution in [2.75, 3.05) is 24.3 Å². The van der Waals surface area contributed by atoms with Crippen LogP contribution in [0.1, 0.15) is 19.3 Å². The molecule has 0 saturated heterocycles. The predicted octanol–water partition coefficient (Wildman–Crippen LogP) is 0.198. The summed E-state index contributed by atoms with van der Waals surface area (Å²) in [7, 11) is 0. The van der Waals surface area contributed by atoms with E-state index in [0.29, 0.717) is 29.4 Å². The van der Waals surface area contributed by atoms with Gasteiger partial charge in [-0.25, -0.2) is 4.98 Å². The molecule has 2 saturated carbocycles. The predicted molar refractivity (Wildman–Crippen MR) is 81.9 cm³/mol. The van der Waals surface area contributed by atoms with Crippen molar-refractivity contribution in [3.8, 4) is 0 Å². The van der Waals surface area contributed by atoms with E-state index in [-0.39, 0.29) is 19.2 Å².